The lowest BCUT2D eigenvalue weighted by Crippen LogP contribution is -2.45. The number of ether oxygens (including phenoxy) is 1. The Balaban J connectivity index is 3.38. The SMILES string of the molecule is CCCCCCCC/C=C\CCCCCCCCCCCC(=O)OCCCCCCCCCCCCCCCCCCCCCCCCCCC(=O)NC(CO)C(O)/C=C/CCCCCCCCCCCCCCCCCCCCCC. The molecule has 486 valence electrons. The topological polar surface area (TPSA) is 95.9 Å². The van der Waals surface area contributed by atoms with Crippen molar-refractivity contribution in [1.82, 2.24) is 5.32 Å². The van der Waals surface area contributed by atoms with Crippen LogP contribution in [0, 0.1) is 0 Å². The van der Waals surface area contributed by atoms with Gasteiger partial charge in [-0.25, -0.2) is 0 Å². The average molecular weight is 1160 g/mol. The second-order valence-electron chi connectivity index (χ2n) is 26.0. The van der Waals surface area contributed by atoms with E-state index in [1.807, 2.05) is 6.08 Å². The highest BCUT2D eigenvalue weighted by molar-refractivity contribution is 5.76. The van der Waals surface area contributed by atoms with E-state index in [9.17, 15) is 19.8 Å². The van der Waals surface area contributed by atoms with Crippen LogP contribution in [0.15, 0.2) is 24.3 Å². The summed E-state index contributed by atoms with van der Waals surface area (Å²) in [5.74, 6) is -0.0465. The van der Waals surface area contributed by atoms with E-state index in [1.165, 1.54) is 360 Å². The molecule has 0 saturated carbocycles. The first-order valence-electron chi connectivity index (χ1n) is 37.6. The maximum Gasteiger partial charge on any atom is 0.305 e. The van der Waals surface area contributed by atoms with Crippen LogP contribution < -0.4 is 5.32 Å². The molecule has 6 nitrogen and oxygen atoms in total. The Hall–Kier alpha value is -1.66. The standard InChI is InChI=1S/C76H147NO5/c1-3-5-7-9-11-13-15-17-19-21-23-24-29-33-36-40-44-48-52-56-60-64-68-74(79)73(72-78)77-75(80)69-65-61-57-53-49-45-41-37-34-30-27-25-26-28-31-35-39-43-47-51-55-59-63-67-71-82-76(81)70-66-62-58-54-50-46-42-38-32-22-20-18-16-14-12-10-8-6-4-2/h18,20,64,68,73-74,78-79H,3-17,19,21-63,65-67,69-72H2,1-2H3,(H,77,80)/b20-18-,68-64+. The van der Waals surface area contributed by atoms with Gasteiger partial charge in [-0.15, -0.1) is 0 Å². The van der Waals surface area contributed by atoms with Gasteiger partial charge < -0.3 is 20.3 Å². The highest BCUT2D eigenvalue weighted by Gasteiger charge is 2.18. The lowest BCUT2D eigenvalue weighted by atomic mass is 10.0. The molecule has 0 aromatic rings. The van der Waals surface area contributed by atoms with E-state index in [0.717, 1.165) is 38.5 Å². The van der Waals surface area contributed by atoms with Gasteiger partial charge in [-0.05, 0) is 57.8 Å². The summed E-state index contributed by atoms with van der Waals surface area (Å²) in [5, 5.41) is 23.3. The number of allylic oxidation sites excluding steroid dienone is 3. The zero-order valence-electron chi connectivity index (χ0n) is 55.8. The van der Waals surface area contributed by atoms with Gasteiger partial charge in [-0.1, -0.05) is 378 Å². The molecule has 0 heterocycles. The van der Waals surface area contributed by atoms with Crippen molar-refractivity contribution in [1.29, 1.82) is 0 Å². The number of hydrogen-bond acceptors (Lipinski definition) is 5. The molecule has 0 aliphatic rings. The van der Waals surface area contributed by atoms with Gasteiger partial charge >= 0.3 is 5.97 Å². The zero-order chi connectivity index (χ0) is 59.2. The summed E-state index contributed by atoms with van der Waals surface area (Å²) >= 11 is 0. The fourth-order valence-electron chi connectivity index (χ4n) is 12.0. The molecule has 1 amide bonds. The maximum atomic E-state index is 12.5. The Morgan fingerprint density at radius 3 is 0.866 bits per heavy atom. The van der Waals surface area contributed by atoms with Crippen LogP contribution in [0.5, 0.6) is 0 Å². The minimum absolute atomic E-state index is 0.0157. The maximum absolute atomic E-state index is 12.5. The number of amides is 1. The van der Waals surface area contributed by atoms with Crippen molar-refractivity contribution in [3.8, 4) is 0 Å². The molecule has 6 heteroatoms. The lowest BCUT2D eigenvalue weighted by molar-refractivity contribution is -0.143. The molecular formula is C76H147NO5. The molecular weight excluding hydrogens is 1010 g/mol. The zero-order valence-corrected chi connectivity index (χ0v) is 55.8. The average Bonchev–Trinajstić information content (AvgIpc) is 3.48. The molecule has 0 aliphatic carbocycles. The van der Waals surface area contributed by atoms with Gasteiger partial charge in [0, 0.05) is 12.8 Å². The molecule has 0 aliphatic heterocycles. The fraction of sp³-hybridized carbons (Fsp3) is 0.921. The van der Waals surface area contributed by atoms with E-state index in [4.69, 9.17) is 4.74 Å². The van der Waals surface area contributed by atoms with Gasteiger partial charge in [-0.3, -0.25) is 9.59 Å². The third-order valence-electron chi connectivity index (χ3n) is 17.7. The smallest absolute Gasteiger partial charge is 0.305 e. The van der Waals surface area contributed by atoms with Gasteiger partial charge in [0.2, 0.25) is 5.91 Å². The summed E-state index contributed by atoms with van der Waals surface area (Å²) in [6, 6.07) is -0.628. The molecule has 0 radical (unpaired) electrons. The minimum Gasteiger partial charge on any atom is -0.466 e. The molecule has 82 heavy (non-hydrogen) atoms. The second-order valence-corrected chi connectivity index (χ2v) is 26.0. The highest BCUT2D eigenvalue weighted by Crippen LogP contribution is 2.19. The molecule has 0 saturated heterocycles. The van der Waals surface area contributed by atoms with Crippen LogP contribution in [0.3, 0.4) is 0 Å². The molecule has 3 N–H and O–H groups in total. The largest absolute Gasteiger partial charge is 0.466 e. The van der Waals surface area contributed by atoms with Crippen LogP contribution in [0.25, 0.3) is 0 Å². The summed E-state index contributed by atoms with van der Waals surface area (Å²) in [7, 11) is 0. The predicted molar refractivity (Wildman–Crippen MR) is 361 cm³/mol. The second kappa shape index (κ2) is 71.8. The van der Waals surface area contributed by atoms with Crippen molar-refractivity contribution in [3.63, 3.8) is 0 Å². The predicted octanol–water partition coefficient (Wildman–Crippen LogP) is 24.5. The number of nitrogens with one attached hydrogen (secondary N) is 1. The van der Waals surface area contributed by atoms with Crippen LogP contribution >= 0.6 is 0 Å². The summed E-state index contributed by atoms with van der Waals surface area (Å²) in [6.45, 7) is 4.95. The fourth-order valence-corrected chi connectivity index (χ4v) is 12.0. The van der Waals surface area contributed by atoms with Gasteiger partial charge in [0.05, 0.1) is 25.4 Å². The van der Waals surface area contributed by atoms with Crippen LogP contribution in [-0.2, 0) is 14.3 Å². The lowest BCUT2D eigenvalue weighted by Gasteiger charge is -2.20. The number of hydrogen-bond donors (Lipinski definition) is 3. The van der Waals surface area contributed by atoms with Crippen LogP contribution in [0.1, 0.15) is 425 Å². The number of unbranched alkanes of at least 4 members (excludes halogenated alkanes) is 58. The first-order chi connectivity index (χ1) is 40.5. The molecule has 2 atom stereocenters. The Morgan fingerprint density at radius 2 is 0.573 bits per heavy atom. The molecule has 0 aromatic heterocycles. The number of aliphatic hydroxyl groups is 2. The monoisotopic (exact) mass is 1150 g/mol. The van der Waals surface area contributed by atoms with Crippen molar-refractivity contribution in [2.24, 2.45) is 0 Å². The molecule has 0 bridgehead atoms. The Morgan fingerprint density at radius 1 is 0.329 bits per heavy atom. The highest BCUT2D eigenvalue weighted by atomic mass is 16.5. The third-order valence-corrected chi connectivity index (χ3v) is 17.7. The van der Waals surface area contributed by atoms with Crippen molar-refractivity contribution >= 4 is 11.9 Å². The Bertz CT molecular complexity index is 1280. The van der Waals surface area contributed by atoms with Crippen molar-refractivity contribution in [3.05, 3.63) is 24.3 Å². The summed E-state index contributed by atoms with van der Waals surface area (Å²) in [5.41, 5.74) is 0. The first kappa shape index (κ1) is 80.3. The first-order valence-corrected chi connectivity index (χ1v) is 37.6. The summed E-state index contributed by atoms with van der Waals surface area (Å²) < 4.78 is 5.51. The van der Waals surface area contributed by atoms with Gasteiger partial charge in [0.1, 0.15) is 0 Å². The van der Waals surface area contributed by atoms with Gasteiger partial charge in [-0.2, -0.15) is 0 Å². The van der Waals surface area contributed by atoms with E-state index in [0.29, 0.717) is 19.4 Å². The number of aliphatic hydroxyl groups excluding tert-OH is 2. The molecule has 0 rings (SSSR count). The summed E-state index contributed by atoms with van der Waals surface area (Å²) in [4.78, 5) is 24.7. The van der Waals surface area contributed by atoms with Gasteiger partial charge in [0.15, 0.2) is 0 Å². The van der Waals surface area contributed by atoms with Crippen LogP contribution in [0.4, 0.5) is 0 Å². The molecule has 0 aromatic carbocycles. The third kappa shape index (κ3) is 67.5. The van der Waals surface area contributed by atoms with E-state index < -0.39 is 12.1 Å². The van der Waals surface area contributed by atoms with Crippen molar-refractivity contribution < 1.29 is 24.5 Å². The van der Waals surface area contributed by atoms with Crippen molar-refractivity contribution in [2.75, 3.05) is 13.2 Å². The quantitative estimate of drug-likeness (QED) is 0.0320. The van der Waals surface area contributed by atoms with Crippen LogP contribution in [0.2, 0.25) is 0 Å². The molecule has 0 fully saturated rings. The van der Waals surface area contributed by atoms with Gasteiger partial charge in [0.25, 0.3) is 0 Å². The van der Waals surface area contributed by atoms with E-state index in [-0.39, 0.29) is 18.5 Å². The number of carbonyl (C=O) groups is 2. The number of carbonyl (C=O) groups excluding carboxylic acids is 2. The van der Waals surface area contributed by atoms with E-state index >= 15 is 0 Å². The van der Waals surface area contributed by atoms with E-state index in [2.05, 4.69) is 31.3 Å². The van der Waals surface area contributed by atoms with Crippen LogP contribution in [-0.4, -0.2) is 47.4 Å². The molecule has 2 unspecified atom stereocenters. The number of rotatable bonds is 71. The Labute approximate surface area is 513 Å². The summed E-state index contributed by atoms with van der Waals surface area (Å²) in [6.07, 6.45) is 91.3. The minimum atomic E-state index is -0.845. The van der Waals surface area contributed by atoms with E-state index in [1.54, 1.807) is 6.08 Å². The molecule has 0 spiro atoms. The van der Waals surface area contributed by atoms with Crippen molar-refractivity contribution in [2.45, 2.75) is 437 Å². The Kier molecular flexibility index (Phi) is 70.4. The normalized spacial score (nSPS) is 12.6. The number of esters is 1.